The Morgan fingerprint density at radius 3 is 2.25 bits per heavy atom. The van der Waals surface area contributed by atoms with Gasteiger partial charge in [-0.15, -0.1) is 0 Å². The lowest BCUT2D eigenvalue weighted by Gasteiger charge is -2.27. The van der Waals surface area contributed by atoms with Gasteiger partial charge >= 0.3 is 5.97 Å². The van der Waals surface area contributed by atoms with Crippen molar-refractivity contribution in [2.24, 2.45) is 5.41 Å². The van der Waals surface area contributed by atoms with Crippen LogP contribution in [0.1, 0.15) is 25.7 Å². The van der Waals surface area contributed by atoms with Crippen LogP contribution in [0.2, 0.25) is 0 Å². The summed E-state index contributed by atoms with van der Waals surface area (Å²) in [7, 11) is 3.87. The molecule has 3 nitrogen and oxygen atoms in total. The Bertz CT molecular complexity index is 171. The van der Waals surface area contributed by atoms with Gasteiger partial charge in [0.15, 0.2) is 0 Å². The molecule has 0 bridgehead atoms. The normalized spacial score (nSPS) is 21.6. The molecule has 1 saturated carbocycles. The minimum absolute atomic E-state index is 0.441. The fourth-order valence-corrected chi connectivity index (χ4v) is 2.10. The van der Waals surface area contributed by atoms with Crippen molar-refractivity contribution in [1.82, 2.24) is 4.90 Å². The summed E-state index contributed by atoms with van der Waals surface area (Å²) in [6.45, 7) is 0.683. The highest BCUT2D eigenvalue weighted by Gasteiger charge is 2.41. The third kappa shape index (κ3) is 1.78. The number of aliphatic carboxylic acids is 1. The number of carboxylic acids is 1. The highest BCUT2D eigenvalue weighted by Crippen LogP contribution is 2.38. The third-order valence-corrected chi connectivity index (χ3v) is 2.63. The van der Waals surface area contributed by atoms with Gasteiger partial charge in [0.25, 0.3) is 0 Å². The molecule has 1 N–H and O–H groups in total. The van der Waals surface area contributed by atoms with Gasteiger partial charge in [-0.2, -0.15) is 0 Å². The number of hydrogen-bond acceptors (Lipinski definition) is 2. The summed E-state index contributed by atoms with van der Waals surface area (Å²) in [4.78, 5) is 13.0. The van der Waals surface area contributed by atoms with E-state index in [9.17, 15) is 4.79 Å². The molecular weight excluding hydrogens is 154 g/mol. The van der Waals surface area contributed by atoms with Crippen molar-refractivity contribution in [2.75, 3.05) is 20.6 Å². The van der Waals surface area contributed by atoms with E-state index in [4.69, 9.17) is 5.11 Å². The molecule has 12 heavy (non-hydrogen) atoms. The number of hydrogen-bond donors (Lipinski definition) is 1. The van der Waals surface area contributed by atoms with Crippen LogP contribution in [0, 0.1) is 5.41 Å². The molecule has 1 rings (SSSR count). The van der Waals surface area contributed by atoms with Crippen LogP contribution in [0.15, 0.2) is 0 Å². The van der Waals surface area contributed by atoms with Crippen LogP contribution in [0.4, 0.5) is 0 Å². The van der Waals surface area contributed by atoms with Gasteiger partial charge in [-0.05, 0) is 26.9 Å². The predicted molar refractivity (Wildman–Crippen MR) is 47.1 cm³/mol. The fourth-order valence-electron chi connectivity index (χ4n) is 2.10. The predicted octanol–water partition coefficient (Wildman–Crippen LogP) is 1.19. The molecule has 70 valence electrons. The van der Waals surface area contributed by atoms with E-state index >= 15 is 0 Å². The summed E-state index contributed by atoms with van der Waals surface area (Å²) in [5.41, 5.74) is -0.441. The number of nitrogens with zero attached hydrogens (tertiary/aromatic N) is 1. The second-order valence-electron chi connectivity index (χ2n) is 4.03. The SMILES string of the molecule is CN(C)CC1(C(=O)O)CCCC1. The summed E-state index contributed by atoms with van der Waals surface area (Å²) >= 11 is 0. The average molecular weight is 171 g/mol. The Morgan fingerprint density at radius 2 is 1.92 bits per heavy atom. The molecular formula is C9H17NO2. The maximum absolute atomic E-state index is 11.0. The Hall–Kier alpha value is -0.570. The minimum atomic E-state index is -0.617. The summed E-state index contributed by atoms with van der Waals surface area (Å²) in [6.07, 6.45) is 3.83. The summed E-state index contributed by atoms with van der Waals surface area (Å²) in [5, 5.41) is 9.09. The first kappa shape index (κ1) is 9.52. The zero-order valence-corrected chi connectivity index (χ0v) is 7.84. The molecule has 0 aliphatic heterocycles. The lowest BCUT2D eigenvalue weighted by molar-refractivity contribution is -0.149. The molecule has 0 amide bonds. The van der Waals surface area contributed by atoms with Crippen LogP contribution >= 0.6 is 0 Å². The molecule has 1 aliphatic rings. The highest BCUT2D eigenvalue weighted by atomic mass is 16.4. The van der Waals surface area contributed by atoms with E-state index in [1.54, 1.807) is 0 Å². The molecule has 1 fully saturated rings. The van der Waals surface area contributed by atoms with Crippen molar-refractivity contribution in [3.8, 4) is 0 Å². The van der Waals surface area contributed by atoms with Crippen LogP contribution < -0.4 is 0 Å². The molecule has 0 spiro atoms. The molecule has 0 unspecified atom stereocenters. The van der Waals surface area contributed by atoms with Crippen LogP contribution in [0.3, 0.4) is 0 Å². The van der Waals surface area contributed by atoms with Crippen LogP contribution in [0.5, 0.6) is 0 Å². The first-order valence-electron chi connectivity index (χ1n) is 4.45. The highest BCUT2D eigenvalue weighted by molar-refractivity contribution is 5.75. The van der Waals surface area contributed by atoms with Crippen LogP contribution in [-0.4, -0.2) is 36.6 Å². The molecule has 0 aromatic heterocycles. The molecule has 0 aromatic carbocycles. The molecule has 1 aliphatic carbocycles. The zero-order valence-electron chi connectivity index (χ0n) is 7.84. The lowest BCUT2D eigenvalue weighted by Crippen LogP contribution is -2.38. The minimum Gasteiger partial charge on any atom is -0.481 e. The molecule has 0 saturated heterocycles. The first-order valence-corrected chi connectivity index (χ1v) is 4.45. The van der Waals surface area contributed by atoms with Crippen molar-refractivity contribution >= 4 is 5.97 Å². The van der Waals surface area contributed by atoms with E-state index in [1.165, 1.54) is 0 Å². The van der Waals surface area contributed by atoms with Crippen molar-refractivity contribution in [1.29, 1.82) is 0 Å². The largest absolute Gasteiger partial charge is 0.481 e. The number of rotatable bonds is 3. The smallest absolute Gasteiger partial charge is 0.310 e. The van der Waals surface area contributed by atoms with Gasteiger partial charge in [-0.3, -0.25) is 4.79 Å². The maximum Gasteiger partial charge on any atom is 0.310 e. The van der Waals surface area contributed by atoms with Crippen LogP contribution in [0.25, 0.3) is 0 Å². The Labute approximate surface area is 73.4 Å². The van der Waals surface area contributed by atoms with Gasteiger partial charge in [0.1, 0.15) is 0 Å². The monoisotopic (exact) mass is 171 g/mol. The first-order chi connectivity index (χ1) is 5.57. The molecule has 0 radical (unpaired) electrons. The van der Waals surface area contributed by atoms with Crippen LogP contribution in [-0.2, 0) is 4.79 Å². The van der Waals surface area contributed by atoms with E-state index < -0.39 is 11.4 Å². The van der Waals surface area contributed by atoms with E-state index in [0.29, 0.717) is 6.54 Å². The van der Waals surface area contributed by atoms with Gasteiger partial charge in [0.2, 0.25) is 0 Å². The van der Waals surface area contributed by atoms with Crippen molar-refractivity contribution < 1.29 is 9.90 Å². The summed E-state index contributed by atoms with van der Waals surface area (Å²) < 4.78 is 0. The van der Waals surface area contributed by atoms with Crippen molar-refractivity contribution in [2.45, 2.75) is 25.7 Å². The average Bonchev–Trinajstić information content (AvgIpc) is 2.35. The molecule has 0 heterocycles. The van der Waals surface area contributed by atoms with E-state index in [0.717, 1.165) is 25.7 Å². The van der Waals surface area contributed by atoms with Gasteiger partial charge in [-0.1, -0.05) is 12.8 Å². The Balaban J connectivity index is 2.65. The van der Waals surface area contributed by atoms with E-state index in [-0.39, 0.29) is 0 Å². The Kier molecular flexibility index (Phi) is 2.73. The molecule has 0 aromatic rings. The number of carboxylic acid groups (broad SMARTS) is 1. The second kappa shape index (κ2) is 3.44. The van der Waals surface area contributed by atoms with E-state index in [1.807, 2.05) is 19.0 Å². The number of carbonyl (C=O) groups is 1. The lowest BCUT2D eigenvalue weighted by atomic mass is 9.86. The van der Waals surface area contributed by atoms with Gasteiger partial charge in [-0.25, -0.2) is 0 Å². The van der Waals surface area contributed by atoms with Gasteiger partial charge in [0.05, 0.1) is 5.41 Å². The Morgan fingerprint density at radius 1 is 1.42 bits per heavy atom. The molecule has 3 heteroatoms. The van der Waals surface area contributed by atoms with Crippen molar-refractivity contribution in [3.05, 3.63) is 0 Å². The topological polar surface area (TPSA) is 40.5 Å². The van der Waals surface area contributed by atoms with Gasteiger partial charge in [0, 0.05) is 6.54 Å². The molecule has 0 atom stereocenters. The summed E-state index contributed by atoms with van der Waals surface area (Å²) in [6, 6.07) is 0. The van der Waals surface area contributed by atoms with E-state index in [2.05, 4.69) is 0 Å². The zero-order chi connectivity index (χ0) is 9.19. The quantitative estimate of drug-likeness (QED) is 0.693. The standard InChI is InChI=1S/C9H17NO2/c1-10(2)7-9(8(11)12)5-3-4-6-9/h3-7H2,1-2H3,(H,11,12). The van der Waals surface area contributed by atoms with Crippen molar-refractivity contribution in [3.63, 3.8) is 0 Å². The fraction of sp³-hybridized carbons (Fsp3) is 0.889. The van der Waals surface area contributed by atoms with Gasteiger partial charge < -0.3 is 10.0 Å². The maximum atomic E-state index is 11.0. The third-order valence-electron chi connectivity index (χ3n) is 2.63. The summed E-state index contributed by atoms with van der Waals surface area (Å²) in [5.74, 6) is -0.617. The second-order valence-corrected chi connectivity index (χ2v) is 4.03.